The van der Waals surface area contributed by atoms with Crippen LogP contribution in [0.3, 0.4) is 0 Å². The summed E-state index contributed by atoms with van der Waals surface area (Å²) in [6, 6.07) is 10.1. The molecule has 0 aromatic heterocycles. The average molecular weight is 236 g/mol. The van der Waals surface area contributed by atoms with Gasteiger partial charge in [0.15, 0.2) is 0 Å². The van der Waals surface area contributed by atoms with Crippen molar-refractivity contribution in [2.75, 3.05) is 13.2 Å². The second kappa shape index (κ2) is 5.63. The van der Waals surface area contributed by atoms with Crippen molar-refractivity contribution in [3.05, 3.63) is 35.9 Å². The second-order valence-corrected chi connectivity index (χ2v) is 4.97. The van der Waals surface area contributed by atoms with Crippen LogP contribution in [0.25, 0.3) is 0 Å². The minimum atomic E-state index is -0.657. The van der Waals surface area contributed by atoms with E-state index in [9.17, 15) is 5.11 Å². The Morgan fingerprint density at radius 2 is 2.18 bits per heavy atom. The highest BCUT2D eigenvalue weighted by molar-refractivity contribution is 5.13. The van der Waals surface area contributed by atoms with Crippen molar-refractivity contribution in [1.82, 2.24) is 0 Å². The van der Waals surface area contributed by atoms with Gasteiger partial charge >= 0.3 is 0 Å². The molecule has 1 aliphatic rings. The van der Waals surface area contributed by atoms with Gasteiger partial charge in [0.1, 0.15) is 0 Å². The Morgan fingerprint density at radius 1 is 1.41 bits per heavy atom. The van der Waals surface area contributed by atoms with Gasteiger partial charge in [-0.2, -0.15) is 0 Å². The van der Waals surface area contributed by atoms with E-state index in [0.29, 0.717) is 19.8 Å². The molecular formula is C14H20O3. The van der Waals surface area contributed by atoms with Crippen LogP contribution in [-0.4, -0.2) is 30.0 Å². The third-order valence-electron chi connectivity index (χ3n) is 3.05. The van der Waals surface area contributed by atoms with Crippen LogP contribution in [0.1, 0.15) is 25.3 Å². The average Bonchev–Trinajstić information content (AvgIpc) is 2.33. The van der Waals surface area contributed by atoms with Gasteiger partial charge in [0.05, 0.1) is 31.5 Å². The molecule has 1 aliphatic heterocycles. The van der Waals surface area contributed by atoms with E-state index in [1.807, 2.05) is 37.3 Å². The molecule has 1 N–H and O–H groups in total. The van der Waals surface area contributed by atoms with Gasteiger partial charge in [-0.05, 0) is 25.3 Å². The minimum Gasteiger partial charge on any atom is -0.388 e. The topological polar surface area (TPSA) is 38.7 Å². The summed E-state index contributed by atoms with van der Waals surface area (Å²) in [6.07, 6.45) is 1.77. The summed E-state index contributed by atoms with van der Waals surface area (Å²) in [6.45, 7) is 3.45. The summed E-state index contributed by atoms with van der Waals surface area (Å²) in [5.74, 6) is 0. The quantitative estimate of drug-likeness (QED) is 0.870. The number of hydrogen-bond acceptors (Lipinski definition) is 3. The van der Waals surface area contributed by atoms with Crippen molar-refractivity contribution in [3.8, 4) is 0 Å². The molecule has 1 aromatic carbocycles. The number of aliphatic hydroxyl groups is 1. The minimum absolute atomic E-state index is 0.124. The summed E-state index contributed by atoms with van der Waals surface area (Å²) < 4.78 is 11.2. The Labute approximate surface area is 102 Å². The normalized spacial score (nSPS) is 29.2. The smallest absolute Gasteiger partial charge is 0.0853 e. The maximum atomic E-state index is 9.73. The van der Waals surface area contributed by atoms with E-state index in [1.54, 1.807) is 0 Å². The highest BCUT2D eigenvalue weighted by atomic mass is 16.5. The third-order valence-corrected chi connectivity index (χ3v) is 3.05. The first kappa shape index (κ1) is 12.6. The van der Waals surface area contributed by atoms with E-state index in [2.05, 4.69) is 0 Å². The van der Waals surface area contributed by atoms with Crippen molar-refractivity contribution < 1.29 is 14.6 Å². The molecule has 0 aliphatic carbocycles. The van der Waals surface area contributed by atoms with Gasteiger partial charge < -0.3 is 14.6 Å². The molecule has 3 nitrogen and oxygen atoms in total. The van der Waals surface area contributed by atoms with Crippen LogP contribution in [0.2, 0.25) is 0 Å². The van der Waals surface area contributed by atoms with Crippen LogP contribution < -0.4 is 0 Å². The van der Waals surface area contributed by atoms with Gasteiger partial charge in [-0.25, -0.2) is 0 Å². The molecule has 3 heteroatoms. The van der Waals surface area contributed by atoms with Crippen molar-refractivity contribution in [2.24, 2.45) is 0 Å². The van der Waals surface area contributed by atoms with Crippen LogP contribution in [0, 0.1) is 0 Å². The summed E-state index contributed by atoms with van der Waals surface area (Å²) in [7, 11) is 0. The molecule has 1 heterocycles. The first-order chi connectivity index (χ1) is 8.16. The Morgan fingerprint density at radius 3 is 2.82 bits per heavy atom. The SMILES string of the molecule is C[C@]1(O)CC[C@H](COCc2ccccc2)OC1. The summed E-state index contributed by atoms with van der Waals surface area (Å²) in [5, 5.41) is 9.73. The molecule has 0 saturated carbocycles. The van der Waals surface area contributed by atoms with E-state index in [0.717, 1.165) is 12.8 Å². The molecule has 94 valence electrons. The van der Waals surface area contributed by atoms with Crippen LogP contribution >= 0.6 is 0 Å². The predicted molar refractivity (Wildman–Crippen MR) is 65.7 cm³/mol. The Hall–Kier alpha value is -0.900. The lowest BCUT2D eigenvalue weighted by atomic mass is 9.96. The Balaban J connectivity index is 1.67. The second-order valence-electron chi connectivity index (χ2n) is 4.97. The monoisotopic (exact) mass is 236 g/mol. The van der Waals surface area contributed by atoms with Gasteiger partial charge in [0.25, 0.3) is 0 Å². The van der Waals surface area contributed by atoms with E-state index < -0.39 is 5.60 Å². The van der Waals surface area contributed by atoms with Crippen molar-refractivity contribution in [2.45, 2.75) is 38.1 Å². The van der Waals surface area contributed by atoms with E-state index >= 15 is 0 Å². The maximum absolute atomic E-state index is 9.73. The highest BCUT2D eigenvalue weighted by Gasteiger charge is 2.29. The van der Waals surface area contributed by atoms with Gasteiger partial charge in [-0.15, -0.1) is 0 Å². The molecule has 1 saturated heterocycles. The molecule has 0 bridgehead atoms. The zero-order valence-corrected chi connectivity index (χ0v) is 10.3. The molecule has 0 radical (unpaired) electrons. The fourth-order valence-electron chi connectivity index (χ4n) is 1.94. The highest BCUT2D eigenvalue weighted by Crippen LogP contribution is 2.22. The van der Waals surface area contributed by atoms with Crippen LogP contribution in [0.4, 0.5) is 0 Å². The number of rotatable bonds is 4. The molecule has 0 amide bonds. The molecule has 2 rings (SSSR count). The molecule has 0 spiro atoms. The predicted octanol–water partition coefficient (Wildman–Crippen LogP) is 2.13. The van der Waals surface area contributed by atoms with Crippen LogP contribution in [0.15, 0.2) is 30.3 Å². The van der Waals surface area contributed by atoms with Gasteiger partial charge in [0.2, 0.25) is 0 Å². The lowest BCUT2D eigenvalue weighted by Crippen LogP contribution is -2.40. The number of benzene rings is 1. The first-order valence-electron chi connectivity index (χ1n) is 6.11. The summed E-state index contributed by atoms with van der Waals surface area (Å²) >= 11 is 0. The van der Waals surface area contributed by atoms with Gasteiger partial charge in [-0.3, -0.25) is 0 Å². The van der Waals surface area contributed by atoms with E-state index in [-0.39, 0.29) is 6.10 Å². The largest absolute Gasteiger partial charge is 0.388 e. The summed E-state index contributed by atoms with van der Waals surface area (Å²) in [5.41, 5.74) is 0.519. The number of hydrogen-bond donors (Lipinski definition) is 1. The zero-order valence-electron chi connectivity index (χ0n) is 10.3. The van der Waals surface area contributed by atoms with Crippen LogP contribution in [-0.2, 0) is 16.1 Å². The Kier molecular flexibility index (Phi) is 4.15. The number of ether oxygens (including phenoxy) is 2. The first-order valence-corrected chi connectivity index (χ1v) is 6.11. The zero-order chi connectivity index (χ0) is 12.1. The molecule has 2 atom stereocenters. The van der Waals surface area contributed by atoms with Gasteiger partial charge in [-0.1, -0.05) is 30.3 Å². The van der Waals surface area contributed by atoms with Gasteiger partial charge in [0, 0.05) is 0 Å². The molecule has 17 heavy (non-hydrogen) atoms. The fraction of sp³-hybridized carbons (Fsp3) is 0.571. The Bertz CT molecular complexity index is 325. The van der Waals surface area contributed by atoms with Crippen molar-refractivity contribution in [1.29, 1.82) is 0 Å². The van der Waals surface area contributed by atoms with Crippen molar-refractivity contribution >= 4 is 0 Å². The lowest BCUT2D eigenvalue weighted by molar-refractivity contribution is -0.129. The lowest BCUT2D eigenvalue weighted by Gasteiger charge is -2.33. The molecular weight excluding hydrogens is 216 g/mol. The molecule has 0 unspecified atom stereocenters. The maximum Gasteiger partial charge on any atom is 0.0853 e. The van der Waals surface area contributed by atoms with Crippen LogP contribution in [0.5, 0.6) is 0 Å². The standard InChI is InChI=1S/C14H20O3/c1-14(15)8-7-13(17-11-14)10-16-9-12-5-3-2-4-6-12/h2-6,13,15H,7-11H2,1H3/t13-,14+/m1/s1. The van der Waals surface area contributed by atoms with E-state index in [1.165, 1.54) is 5.56 Å². The fourth-order valence-corrected chi connectivity index (χ4v) is 1.94. The van der Waals surface area contributed by atoms with E-state index in [4.69, 9.17) is 9.47 Å². The molecule has 1 aromatic rings. The molecule has 1 fully saturated rings. The van der Waals surface area contributed by atoms with Crippen molar-refractivity contribution in [3.63, 3.8) is 0 Å². The summed E-state index contributed by atoms with van der Waals surface area (Å²) in [4.78, 5) is 0. The third kappa shape index (κ3) is 4.11.